The highest BCUT2D eigenvalue weighted by molar-refractivity contribution is 5.83. The summed E-state index contributed by atoms with van der Waals surface area (Å²) in [6, 6.07) is 0. The van der Waals surface area contributed by atoms with Gasteiger partial charge in [0.15, 0.2) is 5.78 Å². The third-order valence-electron chi connectivity index (χ3n) is 9.33. The van der Waals surface area contributed by atoms with Gasteiger partial charge >= 0.3 is 0 Å². The SMILES string of the molecule is C[C@@H]1C[C@H]2[C@@H]3C[C@H](F)C4=CC(O)C=C[C@]4(C)[C@@]3(C)[C@@H](O)C[C@]2(C)[C@H]1C(=O)CO. The fraction of sp³-hybridized carbons (Fsp3) is 0.783. The molecule has 0 heterocycles. The van der Waals surface area contributed by atoms with Crippen LogP contribution in [-0.4, -0.2) is 46.1 Å². The number of fused-ring (bicyclic) bond motifs is 5. The maximum absolute atomic E-state index is 15.4. The lowest BCUT2D eigenvalue weighted by Gasteiger charge is -2.65. The summed E-state index contributed by atoms with van der Waals surface area (Å²) < 4.78 is 15.4. The monoisotopic (exact) mass is 392 g/mol. The topological polar surface area (TPSA) is 77.8 Å². The average molecular weight is 393 g/mol. The van der Waals surface area contributed by atoms with Crippen LogP contribution in [0.2, 0.25) is 0 Å². The van der Waals surface area contributed by atoms with E-state index in [-0.39, 0.29) is 29.5 Å². The van der Waals surface area contributed by atoms with Gasteiger partial charge in [-0.15, -0.1) is 0 Å². The molecule has 0 radical (unpaired) electrons. The first-order chi connectivity index (χ1) is 13.0. The Balaban J connectivity index is 1.82. The van der Waals surface area contributed by atoms with E-state index in [0.29, 0.717) is 18.4 Å². The number of carbonyl (C=O) groups is 1. The lowest BCUT2D eigenvalue weighted by molar-refractivity contribution is -0.185. The minimum absolute atomic E-state index is 0.0720. The maximum Gasteiger partial charge on any atom is 0.162 e. The fourth-order valence-corrected chi connectivity index (χ4v) is 7.88. The molecule has 0 aromatic carbocycles. The second-order valence-electron chi connectivity index (χ2n) is 10.4. The number of Topliss-reactive ketones (excluding diaryl/α,β-unsaturated/α-hetero) is 1. The zero-order chi connectivity index (χ0) is 20.6. The van der Waals surface area contributed by atoms with Gasteiger partial charge in [-0.1, -0.05) is 39.8 Å². The molecule has 156 valence electrons. The molecule has 4 aliphatic carbocycles. The Bertz CT molecular complexity index is 747. The largest absolute Gasteiger partial charge is 0.392 e. The summed E-state index contributed by atoms with van der Waals surface area (Å²) in [7, 11) is 0. The second kappa shape index (κ2) is 6.23. The number of hydrogen-bond acceptors (Lipinski definition) is 4. The van der Waals surface area contributed by atoms with E-state index in [1.807, 2.05) is 19.9 Å². The number of halogens is 1. The van der Waals surface area contributed by atoms with Crippen molar-refractivity contribution in [2.24, 2.45) is 39.9 Å². The van der Waals surface area contributed by atoms with Crippen LogP contribution in [0.15, 0.2) is 23.8 Å². The smallest absolute Gasteiger partial charge is 0.162 e. The van der Waals surface area contributed by atoms with Crippen molar-refractivity contribution in [2.45, 2.75) is 65.3 Å². The van der Waals surface area contributed by atoms with E-state index in [2.05, 4.69) is 13.8 Å². The van der Waals surface area contributed by atoms with Crippen LogP contribution in [-0.2, 0) is 4.79 Å². The molecule has 0 aromatic rings. The number of hydrogen-bond donors (Lipinski definition) is 3. The lowest BCUT2D eigenvalue weighted by atomic mass is 9.39. The molecule has 0 saturated heterocycles. The summed E-state index contributed by atoms with van der Waals surface area (Å²) in [6.45, 7) is 7.68. The summed E-state index contributed by atoms with van der Waals surface area (Å²) in [4.78, 5) is 12.6. The molecule has 3 fully saturated rings. The van der Waals surface area contributed by atoms with Gasteiger partial charge in [0.1, 0.15) is 12.8 Å². The maximum atomic E-state index is 15.4. The number of carbonyl (C=O) groups excluding carboxylic acids is 1. The highest BCUT2D eigenvalue weighted by Gasteiger charge is 2.70. The molecule has 10 atom stereocenters. The van der Waals surface area contributed by atoms with Crippen molar-refractivity contribution in [1.29, 1.82) is 0 Å². The van der Waals surface area contributed by atoms with E-state index in [1.165, 1.54) is 0 Å². The molecular weight excluding hydrogens is 359 g/mol. The highest BCUT2D eigenvalue weighted by Crippen LogP contribution is 2.72. The van der Waals surface area contributed by atoms with Crippen LogP contribution in [0.1, 0.15) is 47.0 Å². The Labute approximate surface area is 166 Å². The van der Waals surface area contributed by atoms with Crippen LogP contribution in [0, 0.1) is 39.9 Å². The van der Waals surface area contributed by atoms with Crippen LogP contribution < -0.4 is 0 Å². The molecule has 4 nitrogen and oxygen atoms in total. The Morgan fingerprint density at radius 1 is 1.21 bits per heavy atom. The van der Waals surface area contributed by atoms with E-state index >= 15 is 4.39 Å². The van der Waals surface area contributed by atoms with Crippen molar-refractivity contribution in [3.05, 3.63) is 23.8 Å². The first-order valence-corrected chi connectivity index (χ1v) is 10.6. The van der Waals surface area contributed by atoms with Gasteiger partial charge in [-0.2, -0.15) is 0 Å². The lowest BCUT2D eigenvalue weighted by Crippen LogP contribution is -2.64. The van der Waals surface area contributed by atoms with Crippen LogP contribution in [0.5, 0.6) is 0 Å². The molecule has 4 aliphatic rings. The molecule has 5 heteroatoms. The third-order valence-corrected chi connectivity index (χ3v) is 9.33. The molecule has 0 bridgehead atoms. The Kier molecular flexibility index (Phi) is 4.50. The first-order valence-electron chi connectivity index (χ1n) is 10.6. The second-order valence-corrected chi connectivity index (χ2v) is 10.4. The number of aliphatic hydroxyl groups excluding tert-OH is 3. The zero-order valence-electron chi connectivity index (χ0n) is 17.2. The molecule has 3 N–H and O–H groups in total. The van der Waals surface area contributed by atoms with Gasteiger partial charge in [-0.3, -0.25) is 4.79 Å². The highest BCUT2D eigenvalue weighted by atomic mass is 19.1. The fourth-order valence-electron chi connectivity index (χ4n) is 7.88. The van der Waals surface area contributed by atoms with Crippen molar-refractivity contribution in [3.63, 3.8) is 0 Å². The molecule has 1 unspecified atom stereocenters. The van der Waals surface area contributed by atoms with Crippen LogP contribution in [0.25, 0.3) is 0 Å². The Morgan fingerprint density at radius 2 is 1.89 bits per heavy atom. The number of aliphatic hydroxyl groups is 3. The van der Waals surface area contributed by atoms with Crippen molar-refractivity contribution in [3.8, 4) is 0 Å². The van der Waals surface area contributed by atoms with Gasteiger partial charge in [0.05, 0.1) is 12.2 Å². The minimum atomic E-state index is -1.17. The standard InChI is InChI=1S/C23H33FO4/c1-12-7-14-15-9-17(24)16-8-13(26)5-6-22(16,3)23(15,4)19(28)10-21(14,2)20(12)18(27)11-25/h5-6,8,12-15,17,19-20,25-26,28H,7,9-11H2,1-4H3/t12-,13?,14+,15+,17+,19+,20-,21+,22+,23-/m1/s1. The molecule has 3 saturated carbocycles. The quantitative estimate of drug-likeness (QED) is 0.632. The van der Waals surface area contributed by atoms with Crippen molar-refractivity contribution >= 4 is 5.78 Å². The number of ketones is 1. The predicted octanol–water partition coefficient (Wildman–Crippen LogP) is 2.82. The molecule has 0 spiro atoms. The normalized spacial score (nSPS) is 55.1. The molecule has 0 aromatic heterocycles. The van der Waals surface area contributed by atoms with Crippen LogP contribution in [0.3, 0.4) is 0 Å². The molecule has 28 heavy (non-hydrogen) atoms. The average Bonchev–Trinajstić information content (AvgIpc) is 2.89. The van der Waals surface area contributed by atoms with Gasteiger partial charge < -0.3 is 15.3 Å². The van der Waals surface area contributed by atoms with Gasteiger partial charge in [0.25, 0.3) is 0 Å². The van der Waals surface area contributed by atoms with E-state index < -0.39 is 41.2 Å². The van der Waals surface area contributed by atoms with Crippen LogP contribution in [0.4, 0.5) is 4.39 Å². The van der Waals surface area contributed by atoms with E-state index in [0.717, 1.165) is 6.42 Å². The Morgan fingerprint density at radius 3 is 2.54 bits per heavy atom. The summed E-state index contributed by atoms with van der Waals surface area (Å²) in [5.41, 5.74) is -1.09. The van der Waals surface area contributed by atoms with Crippen molar-refractivity contribution < 1.29 is 24.5 Å². The van der Waals surface area contributed by atoms with Gasteiger partial charge in [-0.05, 0) is 54.1 Å². The number of alkyl halides is 1. The molecule has 0 aliphatic heterocycles. The number of rotatable bonds is 2. The van der Waals surface area contributed by atoms with E-state index in [9.17, 15) is 20.1 Å². The van der Waals surface area contributed by atoms with Crippen molar-refractivity contribution in [1.82, 2.24) is 0 Å². The first kappa shape index (κ1) is 20.2. The Hall–Kier alpha value is -1.04. The molecule has 0 amide bonds. The van der Waals surface area contributed by atoms with E-state index in [1.54, 1.807) is 12.2 Å². The number of allylic oxidation sites excluding steroid dienone is 2. The predicted molar refractivity (Wildman–Crippen MR) is 104 cm³/mol. The van der Waals surface area contributed by atoms with Gasteiger partial charge in [0, 0.05) is 16.7 Å². The van der Waals surface area contributed by atoms with Crippen LogP contribution >= 0.6 is 0 Å². The zero-order valence-corrected chi connectivity index (χ0v) is 17.2. The molecular formula is C23H33FO4. The summed E-state index contributed by atoms with van der Waals surface area (Å²) in [5, 5.41) is 31.0. The van der Waals surface area contributed by atoms with E-state index in [4.69, 9.17) is 0 Å². The van der Waals surface area contributed by atoms with Gasteiger partial charge in [-0.25, -0.2) is 4.39 Å². The summed E-state index contributed by atoms with van der Waals surface area (Å²) in [6.07, 6.45) is 4.15. The third kappa shape index (κ3) is 2.30. The van der Waals surface area contributed by atoms with Gasteiger partial charge in [0.2, 0.25) is 0 Å². The minimum Gasteiger partial charge on any atom is -0.392 e. The molecule has 4 rings (SSSR count). The summed E-state index contributed by atoms with van der Waals surface area (Å²) >= 11 is 0. The summed E-state index contributed by atoms with van der Waals surface area (Å²) in [5.74, 6) is -0.303. The van der Waals surface area contributed by atoms with Crippen molar-refractivity contribution in [2.75, 3.05) is 6.61 Å².